The molecule has 0 aliphatic carbocycles. The average Bonchev–Trinajstić information content (AvgIpc) is 3.18. The topological polar surface area (TPSA) is 103 Å². The first-order valence-electron chi connectivity index (χ1n) is 11.2. The number of hydrogen-bond donors (Lipinski definition) is 2. The summed E-state index contributed by atoms with van der Waals surface area (Å²) in [6.45, 7) is 4.82. The van der Waals surface area contributed by atoms with Crippen molar-refractivity contribution in [3.8, 4) is 0 Å². The second-order valence-electron chi connectivity index (χ2n) is 9.59. The minimum atomic E-state index is -3.18. The molecule has 0 bridgehead atoms. The Bertz CT molecular complexity index is 1150. The summed E-state index contributed by atoms with van der Waals surface area (Å²) in [5.41, 5.74) is 1.10. The Kier molecular flexibility index (Phi) is 5.65. The monoisotopic (exact) mass is 481 g/mol. The molecule has 0 amide bonds. The molecule has 0 radical (unpaired) electrons. The number of fused-ring (bicyclic) bond motifs is 1. The van der Waals surface area contributed by atoms with Crippen molar-refractivity contribution < 1.29 is 17.2 Å². The van der Waals surface area contributed by atoms with Crippen molar-refractivity contribution in [2.75, 3.05) is 55.7 Å². The van der Waals surface area contributed by atoms with Crippen molar-refractivity contribution in [3.63, 3.8) is 0 Å². The zero-order chi connectivity index (χ0) is 23.4. The summed E-state index contributed by atoms with van der Waals surface area (Å²) in [6.07, 6.45) is 1.99. The highest BCUT2D eigenvalue weighted by atomic mass is 32.2. The van der Waals surface area contributed by atoms with Crippen LogP contribution in [0.5, 0.6) is 0 Å². The minimum absolute atomic E-state index is 0.0750. The van der Waals surface area contributed by atoms with Crippen molar-refractivity contribution in [2.45, 2.75) is 32.2 Å². The molecule has 5 rings (SSSR count). The van der Waals surface area contributed by atoms with Gasteiger partial charge in [0.1, 0.15) is 5.52 Å². The lowest BCUT2D eigenvalue weighted by Gasteiger charge is -2.51. The summed E-state index contributed by atoms with van der Waals surface area (Å²) in [5, 5.41) is 7.32. The number of piperidine rings is 1. The molecule has 2 N–H and O–H groups in total. The number of aryl methyl sites for hydroxylation is 1. The van der Waals surface area contributed by atoms with Gasteiger partial charge < -0.3 is 15.5 Å². The van der Waals surface area contributed by atoms with E-state index in [9.17, 15) is 17.2 Å². The highest BCUT2D eigenvalue weighted by molar-refractivity contribution is 7.88. The Morgan fingerprint density at radius 1 is 1.24 bits per heavy atom. The quantitative estimate of drug-likeness (QED) is 0.662. The summed E-state index contributed by atoms with van der Waals surface area (Å²) in [4.78, 5) is 15.9. The van der Waals surface area contributed by atoms with Gasteiger partial charge in [0, 0.05) is 73.9 Å². The molecule has 0 aromatic carbocycles. The van der Waals surface area contributed by atoms with Crippen molar-refractivity contribution in [1.29, 1.82) is 0 Å². The van der Waals surface area contributed by atoms with E-state index in [1.807, 2.05) is 17.9 Å². The lowest BCUT2D eigenvalue weighted by molar-refractivity contribution is 0.00806. The van der Waals surface area contributed by atoms with Gasteiger partial charge in [-0.15, -0.1) is 0 Å². The van der Waals surface area contributed by atoms with Crippen LogP contribution in [0.25, 0.3) is 10.9 Å². The third-order valence-corrected chi connectivity index (χ3v) is 8.48. The second-order valence-corrected chi connectivity index (χ2v) is 11.6. The zero-order valence-electron chi connectivity index (χ0n) is 18.8. The van der Waals surface area contributed by atoms with Crippen molar-refractivity contribution >= 4 is 32.7 Å². The van der Waals surface area contributed by atoms with Gasteiger partial charge in [0.25, 0.3) is 0 Å². The van der Waals surface area contributed by atoms with Crippen LogP contribution >= 0.6 is 0 Å². The van der Waals surface area contributed by atoms with Crippen LogP contribution in [0.1, 0.15) is 18.5 Å². The molecule has 9 nitrogen and oxygen atoms in total. The van der Waals surface area contributed by atoms with E-state index in [0.717, 1.165) is 11.1 Å². The Morgan fingerprint density at radius 2 is 1.97 bits per heavy atom. The van der Waals surface area contributed by atoms with Crippen LogP contribution in [0.15, 0.2) is 12.3 Å². The number of nitrogens with one attached hydrogen (secondary N) is 2. The van der Waals surface area contributed by atoms with Crippen molar-refractivity contribution in [1.82, 2.24) is 24.6 Å². The van der Waals surface area contributed by atoms with Crippen LogP contribution in [-0.4, -0.2) is 85.7 Å². The smallest absolute Gasteiger partial charge is 0.243 e. The van der Waals surface area contributed by atoms with Crippen LogP contribution in [0.2, 0.25) is 0 Å². The molecular weight excluding hydrogens is 452 g/mol. The van der Waals surface area contributed by atoms with Gasteiger partial charge in [0.2, 0.25) is 22.4 Å². The first-order valence-corrected chi connectivity index (χ1v) is 13.1. The van der Waals surface area contributed by atoms with Crippen LogP contribution in [0, 0.1) is 18.3 Å². The molecule has 3 fully saturated rings. The predicted molar refractivity (Wildman–Crippen MR) is 122 cm³/mol. The molecular formula is C21H29F2N7O2S. The van der Waals surface area contributed by atoms with Crippen LogP contribution < -0.4 is 15.5 Å². The summed E-state index contributed by atoms with van der Waals surface area (Å²) in [5.74, 6) is 0.526. The lowest BCUT2D eigenvalue weighted by Crippen LogP contribution is -2.62. The van der Waals surface area contributed by atoms with E-state index in [4.69, 9.17) is 9.97 Å². The zero-order valence-corrected chi connectivity index (χ0v) is 19.6. The predicted octanol–water partition coefficient (Wildman–Crippen LogP) is 1.46. The van der Waals surface area contributed by atoms with E-state index in [0.29, 0.717) is 69.4 Å². The fourth-order valence-electron chi connectivity index (χ4n) is 5.35. The van der Waals surface area contributed by atoms with Gasteiger partial charge in [-0.1, -0.05) is 0 Å². The Labute approximate surface area is 192 Å². The Morgan fingerprint density at radius 3 is 2.64 bits per heavy atom. The molecule has 0 saturated carbocycles. The summed E-state index contributed by atoms with van der Waals surface area (Å²) in [6, 6.07) is 1.99. The molecule has 12 heteroatoms. The first kappa shape index (κ1) is 22.6. The third kappa shape index (κ3) is 4.24. The second kappa shape index (κ2) is 8.24. The van der Waals surface area contributed by atoms with Gasteiger partial charge in [-0.2, -0.15) is 0 Å². The SMILES string of the molecule is Cc1cc2cnc(NC3CCN(S(C)(=O)=O)CC3)nc2c(N2CC3(CNCC3C(F)F)C2)n1. The molecule has 180 valence electrons. The van der Waals surface area contributed by atoms with Gasteiger partial charge >= 0.3 is 0 Å². The van der Waals surface area contributed by atoms with Gasteiger partial charge in [0.15, 0.2) is 5.82 Å². The summed E-state index contributed by atoms with van der Waals surface area (Å²) >= 11 is 0. The molecule has 3 aliphatic rings. The molecule has 2 aromatic rings. The number of pyridine rings is 1. The van der Waals surface area contributed by atoms with E-state index in [2.05, 4.69) is 15.6 Å². The van der Waals surface area contributed by atoms with Crippen molar-refractivity contribution in [3.05, 3.63) is 18.0 Å². The molecule has 3 saturated heterocycles. The van der Waals surface area contributed by atoms with E-state index in [1.165, 1.54) is 10.6 Å². The number of halogens is 2. The van der Waals surface area contributed by atoms with Crippen LogP contribution in [-0.2, 0) is 10.0 Å². The number of aromatic nitrogens is 3. The Balaban J connectivity index is 1.35. The Hall–Kier alpha value is -2.18. The van der Waals surface area contributed by atoms with Gasteiger partial charge in [-0.3, -0.25) is 0 Å². The molecule has 2 aromatic heterocycles. The number of nitrogens with zero attached hydrogens (tertiary/aromatic N) is 5. The molecule has 33 heavy (non-hydrogen) atoms. The standard InChI is InChI=1S/C21H29F2N7O2S/c1-13-7-14-8-25-20(27-15-3-5-30(6-4-15)33(2,31)32)28-17(14)19(26-13)29-11-21(12-29)10-24-9-16(21)18(22)23/h7-8,15-16,18,24H,3-6,9-12H2,1-2H3,(H,25,27,28). The maximum atomic E-state index is 13.5. The average molecular weight is 482 g/mol. The number of sulfonamides is 1. The fraction of sp³-hybridized carbons (Fsp3) is 0.667. The first-order chi connectivity index (χ1) is 15.6. The molecule has 3 aliphatic heterocycles. The number of hydrogen-bond acceptors (Lipinski definition) is 8. The molecule has 1 spiro atoms. The van der Waals surface area contributed by atoms with Crippen LogP contribution in [0.3, 0.4) is 0 Å². The number of rotatable bonds is 5. The van der Waals surface area contributed by atoms with E-state index in [1.54, 1.807) is 6.20 Å². The van der Waals surface area contributed by atoms with E-state index < -0.39 is 27.8 Å². The minimum Gasteiger partial charge on any atom is -0.353 e. The van der Waals surface area contributed by atoms with E-state index >= 15 is 0 Å². The van der Waals surface area contributed by atoms with Gasteiger partial charge in [-0.25, -0.2) is 36.5 Å². The van der Waals surface area contributed by atoms with Crippen LogP contribution in [0.4, 0.5) is 20.5 Å². The maximum Gasteiger partial charge on any atom is 0.243 e. The number of anilines is 2. The normalized spacial score (nSPS) is 24.0. The summed E-state index contributed by atoms with van der Waals surface area (Å²) in [7, 11) is -3.18. The molecule has 5 heterocycles. The van der Waals surface area contributed by atoms with Crippen molar-refractivity contribution in [2.24, 2.45) is 11.3 Å². The highest BCUT2D eigenvalue weighted by Gasteiger charge is 2.55. The highest BCUT2D eigenvalue weighted by Crippen LogP contribution is 2.45. The summed E-state index contributed by atoms with van der Waals surface area (Å²) < 4.78 is 52.0. The third-order valence-electron chi connectivity index (χ3n) is 7.17. The maximum absolute atomic E-state index is 13.5. The van der Waals surface area contributed by atoms with Gasteiger partial charge in [0.05, 0.1) is 6.26 Å². The van der Waals surface area contributed by atoms with Gasteiger partial charge in [-0.05, 0) is 25.8 Å². The number of alkyl halides is 2. The van der Waals surface area contributed by atoms with E-state index in [-0.39, 0.29) is 6.04 Å². The molecule has 1 atom stereocenters. The molecule has 1 unspecified atom stereocenters. The largest absolute Gasteiger partial charge is 0.353 e. The lowest BCUT2D eigenvalue weighted by atomic mass is 9.71. The fourth-order valence-corrected chi connectivity index (χ4v) is 6.22.